The Labute approximate surface area is 118 Å². The fourth-order valence-electron chi connectivity index (χ4n) is 2.19. The van der Waals surface area contributed by atoms with Crippen molar-refractivity contribution in [3.63, 3.8) is 0 Å². The molecule has 1 aromatic carbocycles. The first-order chi connectivity index (χ1) is 9.86. The number of ether oxygens (including phenoxy) is 3. The van der Waals surface area contributed by atoms with Crippen LogP contribution in [0.3, 0.4) is 0 Å². The Morgan fingerprint density at radius 2 is 1.85 bits per heavy atom. The fraction of sp³-hybridized carbons (Fsp3) is 0.250. The standard InChI is InChI=1S/C16H17NO3/c1-18-14-7-5-13(6-8-14)12-17-9-3-2-4-15(17)16-19-10-11-20-16/h2-9H,10-12H2,1H3. The smallest absolute Gasteiger partial charge is 0.304 e. The van der Waals surface area contributed by atoms with Crippen molar-refractivity contribution in [2.75, 3.05) is 20.3 Å². The van der Waals surface area contributed by atoms with E-state index in [0.717, 1.165) is 18.0 Å². The second kappa shape index (κ2) is 5.74. The Balaban J connectivity index is 1.79. The minimum absolute atomic E-state index is 0.610. The Hall–Kier alpha value is -2.36. The number of hydrogen-bond donors (Lipinski definition) is 0. The molecule has 104 valence electrons. The van der Waals surface area contributed by atoms with Crippen molar-refractivity contribution >= 4 is 0 Å². The van der Waals surface area contributed by atoms with Crippen LogP contribution in [0.2, 0.25) is 0 Å². The molecule has 0 saturated carbocycles. The van der Waals surface area contributed by atoms with Crippen LogP contribution < -0.4 is 4.74 Å². The molecule has 0 radical (unpaired) electrons. The normalized spacial score (nSPS) is 17.1. The average molecular weight is 271 g/mol. The van der Waals surface area contributed by atoms with E-state index in [-0.39, 0.29) is 0 Å². The van der Waals surface area contributed by atoms with Gasteiger partial charge in [-0.3, -0.25) is 0 Å². The van der Waals surface area contributed by atoms with Gasteiger partial charge in [0.2, 0.25) is 0 Å². The molecule has 3 rings (SSSR count). The van der Waals surface area contributed by atoms with Gasteiger partial charge in [0.15, 0.2) is 0 Å². The Kier molecular flexibility index (Phi) is 3.63. The van der Waals surface area contributed by atoms with Crippen LogP contribution in [-0.2, 0) is 16.0 Å². The molecule has 2 heterocycles. The summed E-state index contributed by atoms with van der Waals surface area (Å²) in [6, 6.07) is 8.05. The van der Waals surface area contributed by atoms with Gasteiger partial charge in [0.25, 0.3) is 0 Å². The zero-order valence-electron chi connectivity index (χ0n) is 11.4. The van der Waals surface area contributed by atoms with Crippen LogP contribution in [0.4, 0.5) is 0 Å². The van der Waals surface area contributed by atoms with E-state index >= 15 is 0 Å². The summed E-state index contributed by atoms with van der Waals surface area (Å²) in [4.78, 5) is 2.11. The molecule has 2 aliphatic rings. The molecule has 0 spiro atoms. The van der Waals surface area contributed by atoms with Crippen LogP contribution in [0.1, 0.15) is 5.56 Å². The highest BCUT2D eigenvalue weighted by molar-refractivity contribution is 5.32. The number of benzene rings is 1. The van der Waals surface area contributed by atoms with Crippen LogP contribution in [0.15, 0.2) is 60.3 Å². The van der Waals surface area contributed by atoms with Gasteiger partial charge in [-0.1, -0.05) is 18.2 Å². The predicted octanol–water partition coefficient (Wildman–Crippen LogP) is 2.80. The quantitative estimate of drug-likeness (QED) is 0.846. The first kappa shape index (κ1) is 12.7. The number of methoxy groups -OCH3 is 1. The summed E-state index contributed by atoms with van der Waals surface area (Å²) in [6.07, 6.45) is 8.02. The van der Waals surface area contributed by atoms with Crippen LogP contribution >= 0.6 is 0 Å². The van der Waals surface area contributed by atoms with Crippen LogP contribution in [0.5, 0.6) is 5.75 Å². The van der Waals surface area contributed by atoms with E-state index < -0.39 is 0 Å². The highest BCUT2D eigenvalue weighted by atomic mass is 16.7. The zero-order valence-corrected chi connectivity index (χ0v) is 11.4. The number of rotatable bonds is 3. The van der Waals surface area contributed by atoms with Crippen molar-refractivity contribution in [1.82, 2.24) is 4.90 Å². The molecule has 0 aromatic heterocycles. The lowest BCUT2D eigenvalue weighted by Gasteiger charge is -2.24. The fourth-order valence-corrected chi connectivity index (χ4v) is 2.19. The van der Waals surface area contributed by atoms with Crippen LogP contribution in [0.25, 0.3) is 0 Å². The van der Waals surface area contributed by atoms with Gasteiger partial charge in [0.05, 0.1) is 7.11 Å². The lowest BCUT2D eigenvalue weighted by Crippen LogP contribution is -2.18. The maximum absolute atomic E-state index is 5.51. The summed E-state index contributed by atoms with van der Waals surface area (Å²) in [6.45, 7) is 2.00. The molecular weight excluding hydrogens is 254 g/mol. The first-order valence-electron chi connectivity index (χ1n) is 6.61. The Morgan fingerprint density at radius 3 is 2.55 bits per heavy atom. The lowest BCUT2D eigenvalue weighted by atomic mass is 10.2. The van der Waals surface area contributed by atoms with E-state index in [4.69, 9.17) is 14.2 Å². The van der Waals surface area contributed by atoms with Crippen LogP contribution in [-0.4, -0.2) is 25.2 Å². The maximum atomic E-state index is 5.51. The molecule has 0 unspecified atom stereocenters. The predicted molar refractivity (Wildman–Crippen MR) is 75.7 cm³/mol. The maximum Gasteiger partial charge on any atom is 0.304 e. The summed E-state index contributed by atoms with van der Waals surface area (Å²) >= 11 is 0. The highest BCUT2D eigenvalue weighted by Gasteiger charge is 2.19. The van der Waals surface area contributed by atoms with Crippen molar-refractivity contribution in [3.8, 4) is 5.75 Å². The molecule has 0 N–H and O–H groups in total. The summed E-state index contributed by atoms with van der Waals surface area (Å²) < 4.78 is 16.2. The monoisotopic (exact) mass is 271 g/mol. The summed E-state index contributed by atoms with van der Waals surface area (Å²) in [7, 11) is 1.67. The minimum Gasteiger partial charge on any atom is -0.497 e. The summed E-state index contributed by atoms with van der Waals surface area (Å²) in [5.41, 5.74) is 2.16. The van der Waals surface area contributed by atoms with Gasteiger partial charge in [0.1, 0.15) is 24.7 Å². The van der Waals surface area contributed by atoms with Gasteiger partial charge in [-0.05, 0) is 29.8 Å². The number of allylic oxidation sites excluding steroid dienone is 3. The van der Waals surface area contributed by atoms with Gasteiger partial charge in [-0.15, -0.1) is 0 Å². The molecule has 20 heavy (non-hydrogen) atoms. The van der Waals surface area contributed by atoms with E-state index in [0.29, 0.717) is 19.2 Å². The third kappa shape index (κ3) is 2.64. The van der Waals surface area contributed by atoms with Crippen LogP contribution in [0, 0.1) is 0 Å². The number of nitrogens with zero attached hydrogens (tertiary/aromatic N) is 1. The average Bonchev–Trinajstić information content (AvgIpc) is 3.03. The minimum atomic E-state index is 0.610. The highest BCUT2D eigenvalue weighted by Crippen LogP contribution is 2.24. The molecule has 1 aromatic rings. The molecule has 0 amide bonds. The van der Waals surface area contributed by atoms with E-state index in [1.807, 2.05) is 36.6 Å². The summed E-state index contributed by atoms with van der Waals surface area (Å²) in [5.74, 6) is 1.47. The molecule has 0 aliphatic carbocycles. The van der Waals surface area contributed by atoms with Crippen molar-refractivity contribution in [2.45, 2.75) is 6.54 Å². The largest absolute Gasteiger partial charge is 0.497 e. The molecule has 1 fully saturated rings. The van der Waals surface area contributed by atoms with Crippen molar-refractivity contribution in [2.24, 2.45) is 0 Å². The second-order valence-electron chi connectivity index (χ2n) is 4.55. The Bertz CT molecular complexity index is 550. The molecule has 4 heteroatoms. The molecule has 2 aliphatic heterocycles. The summed E-state index contributed by atoms with van der Waals surface area (Å²) in [5, 5.41) is 0. The molecule has 0 atom stereocenters. The van der Waals surface area contributed by atoms with E-state index in [2.05, 4.69) is 17.0 Å². The van der Waals surface area contributed by atoms with E-state index in [1.54, 1.807) is 7.11 Å². The van der Waals surface area contributed by atoms with Gasteiger partial charge in [-0.2, -0.15) is 0 Å². The van der Waals surface area contributed by atoms with Gasteiger partial charge in [0, 0.05) is 12.7 Å². The van der Waals surface area contributed by atoms with Crippen molar-refractivity contribution in [3.05, 3.63) is 65.9 Å². The zero-order chi connectivity index (χ0) is 13.8. The second-order valence-corrected chi connectivity index (χ2v) is 4.55. The number of hydrogen-bond acceptors (Lipinski definition) is 4. The molecular formula is C16H17NO3. The molecule has 0 bridgehead atoms. The van der Waals surface area contributed by atoms with Gasteiger partial charge in [-0.25, -0.2) is 0 Å². The third-order valence-electron chi connectivity index (χ3n) is 3.21. The SMILES string of the molecule is COc1ccc(CN2C=CC=CC2=C2OCCO2)cc1. The molecule has 4 nitrogen and oxygen atoms in total. The Morgan fingerprint density at radius 1 is 1.10 bits per heavy atom. The van der Waals surface area contributed by atoms with Gasteiger partial charge >= 0.3 is 5.95 Å². The third-order valence-corrected chi connectivity index (χ3v) is 3.21. The van der Waals surface area contributed by atoms with Gasteiger partial charge < -0.3 is 19.1 Å². The molecule has 1 saturated heterocycles. The van der Waals surface area contributed by atoms with E-state index in [1.165, 1.54) is 5.56 Å². The lowest BCUT2D eigenvalue weighted by molar-refractivity contribution is 0.160. The van der Waals surface area contributed by atoms with E-state index in [9.17, 15) is 0 Å². The topological polar surface area (TPSA) is 30.9 Å². The van der Waals surface area contributed by atoms with Crippen molar-refractivity contribution in [1.29, 1.82) is 0 Å². The van der Waals surface area contributed by atoms with Crippen molar-refractivity contribution < 1.29 is 14.2 Å². The first-order valence-corrected chi connectivity index (χ1v) is 6.61.